The first kappa shape index (κ1) is 22.3. The van der Waals surface area contributed by atoms with Crippen molar-refractivity contribution in [1.29, 1.82) is 0 Å². The van der Waals surface area contributed by atoms with E-state index < -0.39 is 28.8 Å². The molecule has 2 rings (SSSR count). The Morgan fingerprint density at radius 3 is 2.52 bits per heavy atom. The van der Waals surface area contributed by atoms with Crippen molar-refractivity contribution >= 4 is 29.1 Å². The lowest BCUT2D eigenvalue weighted by Gasteiger charge is -2.17. The van der Waals surface area contributed by atoms with Crippen molar-refractivity contribution in [2.45, 2.75) is 38.4 Å². The Bertz CT molecular complexity index is 876. The van der Waals surface area contributed by atoms with Gasteiger partial charge in [0.1, 0.15) is 6.04 Å². The van der Waals surface area contributed by atoms with Gasteiger partial charge >= 0.3 is 0 Å². The molecule has 29 heavy (non-hydrogen) atoms. The molecule has 0 aliphatic rings. The summed E-state index contributed by atoms with van der Waals surface area (Å²) >= 11 is 5.87. The van der Waals surface area contributed by atoms with Crippen LogP contribution in [-0.2, 0) is 22.6 Å². The molecule has 0 bridgehead atoms. The van der Waals surface area contributed by atoms with Gasteiger partial charge in [-0.15, -0.1) is 0 Å². The molecular weight excluding hydrogens is 396 g/mol. The minimum Gasteiger partial charge on any atom is -0.350 e. The van der Waals surface area contributed by atoms with E-state index in [9.17, 15) is 19.7 Å². The van der Waals surface area contributed by atoms with Crippen molar-refractivity contribution in [1.82, 2.24) is 10.6 Å². The van der Waals surface area contributed by atoms with Crippen molar-refractivity contribution < 1.29 is 14.5 Å². The summed E-state index contributed by atoms with van der Waals surface area (Å²) in [7, 11) is 0. The molecule has 2 atom stereocenters. The van der Waals surface area contributed by atoms with Gasteiger partial charge in [-0.25, -0.2) is 0 Å². The number of hydrogen-bond acceptors (Lipinski definition) is 5. The third-order valence-electron chi connectivity index (χ3n) is 4.37. The van der Waals surface area contributed by atoms with Crippen molar-refractivity contribution in [2.24, 2.45) is 5.73 Å². The third-order valence-corrected chi connectivity index (χ3v) is 4.60. The quantitative estimate of drug-likeness (QED) is 0.425. The van der Waals surface area contributed by atoms with Crippen LogP contribution < -0.4 is 16.4 Å². The summed E-state index contributed by atoms with van der Waals surface area (Å²) in [5.74, 6) is -0.916. The Balaban J connectivity index is 1.84. The van der Waals surface area contributed by atoms with Crippen molar-refractivity contribution in [3.05, 3.63) is 74.8 Å². The Kier molecular flexibility index (Phi) is 8.11. The summed E-state index contributed by atoms with van der Waals surface area (Å²) in [6.45, 7) is 1.43. The lowest BCUT2D eigenvalue weighted by atomic mass is 10.1. The van der Waals surface area contributed by atoms with Crippen LogP contribution in [0.1, 0.15) is 24.5 Å². The van der Waals surface area contributed by atoms with Crippen LogP contribution in [0, 0.1) is 10.1 Å². The average molecular weight is 419 g/mol. The number of nitro benzene ring substituents is 1. The van der Waals surface area contributed by atoms with Gasteiger partial charge in [-0.3, -0.25) is 19.7 Å². The second-order valence-electron chi connectivity index (χ2n) is 6.61. The fraction of sp³-hybridized carbons (Fsp3) is 0.300. The van der Waals surface area contributed by atoms with Crippen molar-refractivity contribution in [3.63, 3.8) is 0 Å². The first-order valence-electron chi connectivity index (χ1n) is 9.08. The molecule has 0 unspecified atom stereocenters. The molecule has 0 aliphatic carbocycles. The molecule has 0 heterocycles. The first-order valence-corrected chi connectivity index (χ1v) is 9.46. The van der Waals surface area contributed by atoms with E-state index in [0.29, 0.717) is 17.9 Å². The monoisotopic (exact) mass is 418 g/mol. The number of rotatable bonds is 9. The van der Waals surface area contributed by atoms with Crippen LogP contribution in [0.5, 0.6) is 0 Å². The smallest absolute Gasteiger partial charge is 0.274 e. The number of carbonyl (C=O) groups excluding carboxylic acids is 2. The van der Waals surface area contributed by atoms with Gasteiger partial charge in [-0.1, -0.05) is 41.9 Å². The molecular formula is C20H23ClN4O4. The molecule has 0 radical (unpaired) electrons. The molecule has 0 spiro atoms. The number of nitrogens with zero attached hydrogens (tertiary/aromatic N) is 1. The minimum absolute atomic E-state index is 0.0873. The number of hydrogen-bond donors (Lipinski definition) is 3. The predicted octanol–water partition coefficient (Wildman–Crippen LogP) is 2.33. The number of nitrogens with two attached hydrogens (primary N) is 1. The largest absolute Gasteiger partial charge is 0.350 e. The van der Waals surface area contributed by atoms with Crippen LogP contribution in [0.15, 0.2) is 48.5 Å². The Hall–Kier alpha value is -2.97. The molecule has 0 saturated heterocycles. The number of nitrogens with one attached hydrogen (secondary N) is 2. The molecule has 8 nitrogen and oxygen atoms in total. The summed E-state index contributed by atoms with van der Waals surface area (Å²) in [6, 6.07) is 12.2. The molecule has 2 amide bonds. The number of nitro groups is 1. The van der Waals surface area contributed by atoms with Gasteiger partial charge in [0.25, 0.3) is 5.69 Å². The van der Waals surface area contributed by atoms with E-state index in [-0.39, 0.29) is 17.8 Å². The van der Waals surface area contributed by atoms with Crippen LogP contribution in [0.25, 0.3) is 0 Å². The molecule has 0 aromatic heterocycles. The molecule has 2 aromatic carbocycles. The normalized spacial score (nSPS) is 12.7. The molecule has 4 N–H and O–H groups in total. The van der Waals surface area contributed by atoms with E-state index in [1.165, 1.54) is 25.1 Å². The highest BCUT2D eigenvalue weighted by molar-refractivity contribution is 6.30. The second kappa shape index (κ2) is 10.5. The van der Waals surface area contributed by atoms with Gasteiger partial charge in [0.05, 0.1) is 16.5 Å². The highest BCUT2D eigenvalue weighted by atomic mass is 35.5. The van der Waals surface area contributed by atoms with Gasteiger partial charge in [-0.05, 0) is 37.5 Å². The summed E-state index contributed by atoms with van der Waals surface area (Å²) in [6.07, 6.45) is 1.09. The SMILES string of the molecule is C[C@H](NC(=O)[C@H](N)CCc1ccccc1)C(=O)NCc1cc(Cl)ccc1[N+](=O)[O-]. The number of carbonyl (C=O) groups is 2. The van der Waals surface area contributed by atoms with E-state index in [2.05, 4.69) is 10.6 Å². The fourth-order valence-electron chi connectivity index (χ4n) is 2.69. The van der Waals surface area contributed by atoms with Crippen LogP contribution in [0.2, 0.25) is 5.02 Å². The van der Waals surface area contributed by atoms with Crippen molar-refractivity contribution in [3.8, 4) is 0 Å². The third kappa shape index (κ3) is 6.85. The lowest BCUT2D eigenvalue weighted by molar-refractivity contribution is -0.385. The summed E-state index contributed by atoms with van der Waals surface area (Å²) in [4.78, 5) is 35.0. The lowest BCUT2D eigenvalue weighted by Crippen LogP contribution is -2.50. The molecule has 0 aliphatic heterocycles. The van der Waals surface area contributed by atoms with Crippen LogP contribution in [-0.4, -0.2) is 28.8 Å². The Labute approximate surface area is 173 Å². The van der Waals surface area contributed by atoms with Crippen LogP contribution >= 0.6 is 11.6 Å². The van der Waals surface area contributed by atoms with Gasteiger partial charge < -0.3 is 16.4 Å². The van der Waals surface area contributed by atoms with E-state index in [1.54, 1.807) is 0 Å². The average Bonchev–Trinajstić information content (AvgIpc) is 2.70. The van der Waals surface area contributed by atoms with E-state index in [0.717, 1.165) is 5.56 Å². The van der Waals surface area contributed by atoms with E-state index in [4.69, 9.17) is 17.3 Å². The topological polar surface area (TPSA) is 127 Å². The first-order chi connectivity index (χ1) is 13.8. The second-order valence-corrected chi connectivity index (χ2v) is 7.05. The van der Waals surface area contributed by atoms with Gasteiger partial charge in [0, 0.05) is 17.6 Å². The zero-order valence-electron chi connectivity index (χ0n) is 15.9. The molecule has 2 aromatic rings. The zero-order chi connectivity index (χ0) is 21.4. The molecule has 0 saturated carbocycles. The van der Waals surface area contributed by atoms with Gasteiger partial charge in [-0.2, -0.15) is 0 Å². The highest BCUT2D eigenvalue weighted by Crippen LogP contribution is 2.22. The zero-order valence-corrected chi connectivity index (χ0v) is 16.7. The van der Waals surface area contributed by atoms with Gasteiger partial charge in [0.2, 0.25) is 11.8 Å². The maximum Gasteiger partial charge on any atom is 0.274 e. The van der Waals surface area contributed by atoms with Crippen molar-refractivity contribution in [2.75, 3.05) is 0 Å². The summed E-state index contributed by atoms with van der Waals surface area (Å²) < 4.78 is 0. The van der Waals surface area contributed by atoms with Crippen LogP contribution in [0.3, 0.4) is 0 Å². The number of amides is 2. The highest BCUT2D eigenvalue weighted by Gasteiger charge is 2.21. The molecule has 154 valence electrons. The molecule has 0 fully saturated rings. The maximum atomic E-state index is 12.3. The van der Waals surface area contributed by atoms with Crippen LogP contribution in [0.4, 0.5) is 5.69 Å². The predicted molar refractivity (Wildman–Crippen MR) is 110 cm³/mol. The molecule has 9 heteroatoms. The number of aryl methyl sites for hydroxylation is 1. The number of benzene rings is 2. The van der Waals surface area contributed by atoms with Gasteiger partial charge in [0.15, 0.2) is 0 Å². The fourth-order valence-corrected chi connectivity index (χ4v) is 2.89. The summed E-state index contributed by atoms with van der Waals surface area (Å²) in [5.41, 5.74) is 7.12. The van der Waals surface area contributed by atoms with E-state index in [1.807, 2.05) is 30.3 Å². The van der Waals surface area contributed by atoms with E-state index >= 15 is 0 Å². The standard InChI is InChI=1S/C20H23ClN4O4/c1-13(24-20(27)17(22)9-7-14-5-3-2-4-6-14)19(26)23-12-15-11-16(21)8-10-18(15)25(28)29/h2-6,8,10-11,13,17H,7,9,12,22H2,1H3,(H,23,26)(H,24,27)/t13-,17+/m0/s1. The number of halogens is 1. The Morgan fingerprint density at radius 1 is 1.17 bits per heavy atom. The minimum atomic E-state index is -0.844. The maximum absolute atomic E-state index is 12.3. The Morgan fingerprint density at radius 2 is 1.86 bits per heavy atom. The summed E-state index contributed by atoms with van der Waals surface area (Å²) in [5, 5.41) is 16.5.